The number of fused-ring (bicyclic) bond motifs is 1. The summed E-state index contributed by atoms with van der Waals surface area (Å²) in [5, 5.41) is 5.66. The maximum atomic E-state index is 12.0. The molecule has 1 atom stereocenters. The van der Waals surface area contributed by atoms with Gasteiger partial charge in [0.05, 0.1) is 12.0 Å². The lowest BCUT2D eigenvalue weighted by Crippen LogP contribution is -2.31. The van der Waals surface area contributed by atoms with Crippen LogP contribution in [0.5, 0.6) is 0 Å². The molecule has 1 unspecified atom stereocenters. The molecule has 1 aliphatic heterocycles. The van der Waals surface area contributed by atoms with E-state index in [9.17, 15) is 9.59 Å². The summed E-state index contributed by atoms with van der Waals surface area (Å²) in [6, 6.07) is 5.84. The molecule has 1 spiro atoms. The molecule has 1 aromatic carbocycles. The number of nitrogens with one attached hydrogen (secondary N) is 2. The van der Waals surface area contributed by atoms with Gasteiger partial charge >= 0.3 is 0 Å². The number of anilines is 1. The van der Waals surface area contributed by atoms with E-state index in [4.69, 9.17) is 5.73 Å². The van der Waals surface area contributed by atoms with Gasteiger partial charge in [0.1, 0.15) is 0 Å². The first-order chi connectivity index (χ1) is 9.13. The zero-order valence-electron chi connectivity index (χ0n) is 10.7. The Morgan fingerprint density at radius 1 is 1.37 bits per heavy atom. The number of amides is 2. The number of carbonyl (C=O) groups is 2. The number of hydrogen-bond acceptors (Lipinski definition) is 3. The molecule has 1 aliphatic carbocycles. The van der Waals surface area contributed by atoms with Gasteiger partial charge in [0.2, 0.25) is 11.8 Å². The van der Waals surface area contributed by atoms with Crippen molar-refractivity contribution >= 4 is 17.5 Å². The smallest absolute Gasteiger partial charge is 0.238 e. The molecule has 0 radical (unpaired) electrons. The SMILES string of the molecule is NCC(=O)Nc1ccc2c(c1)CC1(CCNC1=O)C2. The van der Waals surface area contributed by atoms with E-state index in [1.807, 2.05) is 18.2 Å². The van der Waals surface area contributed by atoms with E-state index in [-0.39, 0.29) is 23.8 Å². The minimum absolute atomic E-state index is 0.0244. The number of benzene rings is 1. The average molecular weight is 259 g/mol. The van der Waals surface area contributed by atoms with Gasteiger partial charge in [0.25, 0.3) is 0 Å². The van der Waals surface area contributed by atoms with Crippen LogP contribution >= 0.6 is 0 Å². The fourth-order valence-corrected chi connectivity index (χ4v) is 3.10. The van der Waals surface area contributed by atoms with Gasteiger partial charge in [-0.3, -0.25) is 9.59 Å². The molecular weight excluding hydrogens is 242 g/mol. The van der Waals surface area contributed by atoms with E-state index in [1.165, 1.54) is 5.56 Å². The van der Waals surface area contributed by atoms with E-state index in [1.54, 1.807) is 0 Å². The summed E-state index contributed by atoms with van der Waals surface area (Å²) in [5.74, 6) is -0.0393. The number of hydrogen-bond donors (Lipinski definition) is 3. The molecule has 100 valence electrons. The Morgan fingerprint density at radius 3 is 2.84 bits per heavy atom. The van der Waals surface area contributed by atoms with E-state index in [0.29, 0.717) is 0 Å². The van der Waals surface area contributed by atoms with Gasteiger partial charge in [-0.1, -0.05) is 6.07 Å². The van der Waals surface area contributed by atoms with E-state index in [0.717, 1.165) is 37.1 Å². The molecular formula is C14H17N3O2. The minimum atomic E-state index is -0.251. The second kappa shape index (κ2) is 4.35. The van der Waals surface area contributed by atoms with Crippen molar-refractivity contribution in [2.45, 2.75) is 19.3 Å². The predicted octanol–water partition coefficient (Wildman–Crippen LogP) is 0.189. The second-order valence-electron chi connectivity index (χ2n) is 5.38. The number of rotatable bonds is 2. The Balaban J connectivity index is 1.84. The third-order valence-electron chi connectivity index (χ3n) is 4.10. The molecule has 19 heavy (non-hydrogen) atoms. The molecule has 2 aliphatic rings. The van der Waals surface area contributed by atoms with Crippen LogP contribution in [0.25, 0.3) is 0 Å². The van der Waals surface area contributed by atoms with E-state index in [2.05, 4.69) is 10.6 Å². The standard InChI is InChI=1S/C14H17N3O2/c15-8-12(18)17-11-2-1-9-6-14(7-10(9)5-11)3-4-16-13(14)19/h1-2,5H,3-4,6-8,15H2,(H,16,19)(H,17,18). The highest BCUT2D eigenvalue weighted by Gasteiger charge is 2.46. The summed E-state index contributed by atoms with van der Waals surface area (Å²) in [7, 11) is 0. The van der Waals surface area contributed by atoms with Gasteiger partial charge in [-0.05, 0) is 42.5 Å². The fraction of sp³-hybridized carbons (Fsp3) is 0.429. The zero-order valence-corrected chi connectivity index (χ0v) is 10.7. The van der Waals surface area contributed by atoms with Crippen LogP contribution in [-0.4, -0.2) is 24.9 Å². The topological polar surface area (TPSA) is 84.2 Å². The highest BCUT2D eigenvalue weighted by atomic mass is 16.2. The highest BCUT2D eigenvalue weighted by molar-refractivity contribution is 5.92. The van der Waals surface area contributed by atoms with Crippen LogP contribution in [0.15, 0.2) is 18.2 Å². The van der Waals surface area contributed by atoms with Crippen molar-refractivity contribution < 1.29 is 9.59 Å². The molecule has 5 nitrogen and oxygen atoms in total. The predicted molar refractivity (Wildman–Crippen MR) is 71.6 cm³/mol. The minimum Gasteiger partial charge on any atom is -0.356 e. The van der Waals surface area contributed by atoms with Crippen LogP contribution in [0.1, 0.15) is 17.5 Å². The summed E-state index contributed by atoms with van der Waals surface area (Å²) in [5.41, 5.74) is 8.15. The van der Waals surface area contributed by atoms with Crippen molar-refractivity contribution in [1.82, 2.24) is 5.32 Å². The van der Waals surface area contributed by atoms with Crippen LogP contribution < -0.4 is 16.4 Å². The van der Waals surface area contributed by atoms with Crippen LogP contribution in [0.4, 0.5) is 5.69 Å². The zero-order chi connectivity index (χ0) is 13.5. The van der Waals surface area contributed by atoms with E-state index >= 15 is 0 Å². The maximum Gasteiger partial charge on any atom is 0.238 e. The summed E-state index contributed by atoms with van der Waals surface area (Å²) in [4.78, 5) is 23.3. The van der Waals surface area contributed by atoms with E-state index < -0.39 is 0 Å². The first-order valence-electron chi connectivity index (χ1n) is 6.53. The van der Waals surface area contributed by atoms with Crippen molar-refractivity contribution in [2.24, 2.45) is 11.1 Å². The molecule has 0 bridgehead atoms. The third-order valence-corrected chi connectivity index (χ3v) is 4.10. The lowest BCUT2D eigenvalue weighted by atomic mass is 9.83. The summed E-state index contributed by atoms with van der Waals surface area (Å²) in [6.07, 6.45) is 2.46. The van der Waals surface area contributed by atoms with Gasteiger partial charge < -0.3 is 16.4 Å². The Bertz CT molecular complexity index is 556. The van der Waals surface area contributed by atoms with Gasteiger partial charge in [0.15, 0.2) is 0 Å². The van der Waals surface area contributed by atoms with Crippen molar-refractivity contribution in [1.29, 1.82) is 0 Å². The van der Waals surface area contributed by atoms with Crippen molar-refractivity contribution in [3.05, 3.63) is 29.3 Å². The monoisotopic (exact) mass is 259 g/mol. The summed E-state index contributed by atoms with van der Waals surface area (Å²) < 4.78 is 0. The quantitative estimate of drug-likeness (QED) is 0.709. The van der Waals surface area contributed by atoms with Crippen molar-refractivity contribution in [3.63, 3.8) is 0 Å². The van der Waals surface area contributed by atoms with Crippen molar-refractivity contribution in [2.75, 3.05) is 18.4 Å². The summed E-state index contributed by atoms with van der Waals surface area (Å²) in [6.45, 7) is 0.743. The molecule has 0 aromatic heterocycles. The largest absolute Gasteiger partial charge is 0.356 e. The Hall–Kier alpha value is -1.88. The highest BCUT2D eigenvalue weighted by Crippen LogP contribution is 2.42. The lowest BCUT2D eigenvalue weighted by molar-refractivity contribution is -0.127. The molecule has 5 heteroatoms. The molecule has 1 saturated heterocycles. The Labute approximate surface area is 111 Å². The van der Waals surface area contributed by atoms with Crippen LogP contribution in [-0.2, 0) is 22.4 Å². The molecule has 3 rings (SSSR count). The molecule has 1 heterocycles. The maximum absolute atomic E-state index is 12.0. The van der Waals surface area contributed by atoms with Gasteiger partial charge in [-0.2, -0.15) is 0 Å². The van der Waals surface area contributed by atoms with Gasteiger partial charge in [-0.25, -0.2) is 0 Å². The van der Waals surface area contributed by atoms with Crippen LogP contribution in [0, 0.1) is 5.41 Å². The normalized spacial score (nSPS) is 24.4. The molecule has 1 fully saturated rings. The first-order valence-corrected chi connectivity index (χ1v) is 6.53. The van der Waals surface area contributed by atoms with Gasteiger partial charge in [-0.15, -0.1) is 0 Å². The lowest BCUT2D eigenvalue weighted by Gasteiger charge is -2.17. The van der Waals surface area contributed by atoms with Gasteiger partial charge in [0, 0.05) is 12.2 Å². The van der Waals surface area contributed by atoms with Crippen LogP contribution in [0.3, 0.4) is 0 Å². The second-order valence-corrected chi connectivity index (χ2v) is 5.38. The molecule has 0 saturated carbocycles. The number of nitrogens with two attached hydrogens (primary N) is 1. The summed E-state index contributed by atoms with van der Waals surface area (Å²) >= 11 is 0. The molecule has 1 aromatic rings. The first kappa shape index (κ1) is 12.2. The fourth-order valence-electron chi connectivity index (χ4n) is 3.10. The molecule has 4 N–H and O–H groups in total. The Kier molecular flexibility index (Phi) is 2.78. The van der Waals surface area contributed by atoms with Crippen molar-refractivity contribution in [3.8, 4) is 0 Å². The van der Waals surface area contributed by atoms with Crippen LogP contribution in [0.2, 0.25) is 0 Å². The number of carbonyl (C=O) groups excluding carboxylic acids is 2. The third kappa shape index (κ3) is 2.00. The molecule has 2 amide bonds. The Morgan fingerprint density at radius 2 is 2.16 bits per heavy atom. The average Bonchev–Trinajstić information content (AvgIpc) is 2.93.